The van der Waals surface area contributed by atoms with Crippen LogP contribution in [0.5, 0.6) is 17.4 Å². The van der Waals surface area contributed by atoms with E-state index < -0.39 is 6.10 Å². The Morgan fingerprint density at radius 2 is 1.76 bits per heavy atom. The summed E-state index contributed by atoms with van der Waals surface area (Å²) in [7, 11) is 1.64. The second-order valence-electron chi connectivity index (χ2n) is 8.80. The van der Waals surface area contributed by atoms with E-state index >= 15 is 0 Å². The van der Waals surface area contributed by atoms with Crippen LogP contribution < -0.4 is 9.47 Å². The Labute approximate surface area is 202 Å². The molecule has 0 fully saturated rings. The molecule has 0 aliphatic rings. The third kappa shape index (κ3) is 7.06. The quantitative estimate of drug-likeness (QED) is 0.388. The minimum Gasteiger partial charge on any atom is -0.497 e. The Kier molecular flexibility index (Phi) is 9.51. The Morgan fingerprint density at radius 1 is 1.03 bits per heavy atom. The summed E-state index contributed by atoms with van der Waals surface area (Å²) in [6.07, 6.45) is -0.564. The van der Waals surface area contributed by atoms with Crippen LogP contribution in [0.2, 0.25) is 0 Å². The van der Waals surface area contributed by atoms with Gasteiger partial charge in [-0.25, -0.2) is 4.68 Å². The van der Waals surface area contributed by atoms with Crippen molar-refractivity contribution in [1.82, 2.24) is 14.7 Å². The Hall–Kier alpha value is -2.87. The molecule has 0 saturated heterocycles. The van der Waals surface area contributed by atoms with E-state index in [1.54, 1.807) is 7.11 Å². The van der Waals surface area contributed by atoms with Crippen LogP contribution in [0.15, 0.2) is 54.6 Å². The third-order valence-corrected chi connectivity index (χ3v) is 5.38. The molecule has 0 aliphatic carbocycles. The van der Waals surface area contributed by atoms with Crippen molar-refractivity contribution in [3.63, 3.8) is 0 Å². The van der Waals surface area contributed by atoms with Crippen LogP contribution in [0.25, 0.3) is 5.69 Å². The van der Waals surface area contributed by atoms with E-state index in [2.05, 4.69) is 18.7 Å². The normalized spacial score (nSPS) is 12.4. The largest absolute Gasteiger partial charge is 0.497 e. The molecule has 1 aromatic heterocycles. The first kappa shape index (κ1) is 25.7. The lowest BCUT2D eigenvalue weighted by atomic mass is 10.1. The number of rotatable bonds is 13. The number of methoxy groups -OCH3 is 1. The van der Waals surface area contributed by atoms with E-state index in [9.17, 15) is 5.11 Å². The number of nitrogens with zero attached hydrogens (tertiary/aromatic N) is 3. The minimum atomic E-state index is -0.564. The standard InChI is InChI=1S/C27H37N3O4/c1-6-33-19-23(31)17-29(16-20(2)3)18-26-21(4)28-30(22-11-8-7-9-12-22)27(26)34-25-14-10-13-24(15-25)32-5/h7-15,20,23,31H,6,16-19H2,1-5H3/t23-/m0/s1. The van der Waals surface area contributed by atoms with E-state index in [4.69, 9.17) is 19.3 Å². The summed E-state index contributed by atoms with van der Waals surface area (Å²) in [5.41, 5.74) is 2.78. The minimum absolute atomic E-state index is 0.320. The average molecular weight is 468 g/mol. The van der Waals surface area contributed by atoms with Crippen LogP contribution in [0.3, 0.4) is 0 Å². The van der Waals surface area contributed by atoms with Crippen LogP contribution in [-0.4, -0.2) is 59.3 Å². The molecule has 0 unspecified atom stereocenters. The van der Waals surface area contributed by atoms with Crippen molar-refractivity contribution in [3.05, 3.63) is 65.9 Å². The SMILES string of the molecule is CCOC[C@@H](O)CN(Cc1c(C)nn(-c2ccccc2)c1Oc1cccc(OC)c1)CC(C)C. The van der Waals surface area contributed by atoms with Crippen molar-refractivity contribution in [2.45, 2.75) is 40.3 Å². The van der Waals surface area contributed by atoms with Gasteiger partial charge in [-0.15, -0.1) is 0 Å². The summed E-state index contributed by atoms with van der Waals surface area (Å²) >= 11 is 0. The maximum Gasteiger partial charge on any atom is 0.227 e. The number of aryl methyl sites for hydroxylation is 1. The van der Waals surface area contributed by atoms with Gasteiger partial charge in [0.25, 0.3) is 0 Å². The van der Waals surface area contributed by atoms with E-state index in [0.29, 0.717) is 43.9 Å². The van der Waals surface area contributed by atoms with Gasteiger partial charge in [0.1, 0.15) is 11.5 Å². The number of aliphatic hydroxyl groups is 1. The van der Waals surface area contributed by atoms with E-state index in [1.807, 2.05) is 73.1 Å². The molecule has 184 valence electrons. The molecule has 7 heteroatoms. The van der Waals surface area contributed by atoms with Gasteiger partial charge in [-0.2, -0.15) is 5.10 Å². The van der Waals surface area contributed by atoms with Gasteiger partial charge in [-0.1, -0.05) is 38.1 Å². The molecule has 0 bridgehead atoms. The summed E-state index contributed by atoms with van der Waals surface area (Å²) in [5, 5.41) is 15.4. The van der Waals surface area contributed by atoms with Gasteiger partial charge in [0, 0.05) is 32.3 Å². The van der Waals surface area contributed by atoms with Crippen LogP contribution in [0.1, 0.15) is 32.0 Å². The zero-order valence-corrected chi connectivity index (χ0v) is 20.9. The van der Waals surface area contributed by atoms with Crippen molar-refractivity contribution < 1.29 is 19.3 Å². The molecule has 34 heavy (non-hydrogen) atoms. The number of aromatic nitrogens is 2. The fourth-order valence-corrected chi connectivity index (χ4v) is 3.89. The van der Waals surface area contributed by atoms with Crippen LogP contribution in [-0.2, 0) is 11.3 Å². The first-order valence-electron chi connectivity index (χ1n) is 11.8. The zero-order chi connectivity index (χ0) is 24.5. The van der Waals surface area contributed by atoms with Crippen molar-refractivity contribution in [3.8, 4) is 23.1 Å². The highest BCUT2D eigenvalue weighted by molar-refractivity contribution is 5.44. The van der Waals surface area contributed by atoms with Crippen LogP contribution >= 0.6 is 0 Å². The van der Waals surface area contributed by atoms with Gasteiger partial charge < -0.3 is 19.3 Å². The van der Waals surface area contributed by atoms with Gasteiger partial charge >= 0.3 is 0 Å². The summed E-state index contributed by atoms with van der Waals surface area (Å²) in [6.45, 7) is 11.1. The third-order valence-electron chi connectivity index (χ3n) is 5.38. The molecule has 0 aliphatic heterocycles. The maximum atomic E-state index is 10.5. The molecule has 1 atom stereocenters. The highest BCUT2D eigenvalue weighted by Crippen LogP contribution is 2.33. The summed E-state index contributed by atoms with van der Waals surface area (Å²) in [5.74, 6) is 2.49. The maximum absolute atomic E-state index is 10.5. The molecule has 3 rings (SSSR count). The van der Waals surface area contributed by atoms with E-state index in [-0.39, 0.29) is 0 Å². The molecule has 7 nitrogen and oxygen atoms in total. The van der Waals surface area contributed by atoms with Gasteiger partial charge in [-0.05, 0) is 44.0 Å². The molecule has 0 radical (unpaired) electrons. The van der Waals surface area contributed by atoms with E-state index in [1.165, 1.54) is 0 Å². The van der Waals surface area contributed by atoms with E-state index in [0.717, 1.165) is 29.2 Å². The second kappa shape index (κ2) is 12.6. The number of hydrogen-bond acceptors (Lipinski definition) is 6. The van der Waals surface area contributed by atoms with Gasteiger partial charge in [0.2, 0.25) is 5.88 Å². The fraction of sp³-hybridized carbons (Fsp3) is 0.444. The van der Waals surface area contributed by atoms with Crippen molar-refractivity contribution in [2.75, 3.05) is 33.4 Å². The molecular weight excluding hydrogens is 430 g/mol. The highest BCUT2D eigenvalue weighted by Gasteiger charge is 2.23. The Bertz CT molecular complexity index is 1020. The predicted octanol–water partition coefficient (Wildman–Crippen LogP) is 4.84. The first-order chi connectivity index (χ1) is 16.4. The lowest BCUT2D eigenvalue weighted by Crippen LogP contribution is -2.37. The topological polar surface area (TPSA) is 69.0 Å². The number of ether oxygens (including phenoxy) is 3. The highest BCUT2D eigenvalue weighted by atomic mass is 16.5. The number of aliphatic hydroxyl groups excluding tert-OH is 1. The molecule has 0 spiro atoms. The molecule has 0 saturated carbocycles. The van der Waals surface area contributed by atoms with Crippen molar-refractivity contribution in [1.29, 1.82) is 0 Å². The summed E-state index contributed by atoms with van der Waals surface area (Å²) in [6, 6.07) is 17.5. The fourth-order valence-electron chi connectivity index (χ4n) is 3.89. The summed E-state index contributed by atoms with van der Waals surface area (Å²) in [4.78, 5) is 2.24. The van der Waals surface area contributed by atoms with Gasteiger partial charge in [0.05, 0.1) is 36.8 Å². The monoisotopic (exact) mass is 467 g/mol. The molecule has 1 heterocycles. The molecular formula is C27H37N3O4. The lowest BCUT2D eigenvalue weighted by molar-refractivity contribution is 0.0173. The van der Waals surface area contributed by atoms with Crippen LogP contribution in [0.4, 0.5) is 0 Å². The second-order valence-corrected chi connectivity index (χ2v) is 8.80. The summed E-state index contributed by atoms with van der Waals surface area (Å²) < 4.78 is 19.1. The molecule has 3 aromatic rings. The Balaban J connectivity index is 1.97. The van der Waals surface area contributed by atoms with Crippen molar-refractivity contribution in [2.24, 2.45) is 5.92 Å². The lowest BCUT2D eigenvalue weighted by Gasteiger charge is -2.27. The zero-order valence-electron chi connectivity index (χ0n) is 20.9. The first-order valence-corrected chi connectivity index (χ1v) is 11.8. The van der Waals surface area contributed by atoms with Gasteiger partial charge in [0.15, 0.2) is 0 Å². The number of benzene rings is 2. The van der Waals surface area contributed by atoms with Crippen molar-refractivity contribution >= 4 is 0 Å². The number of para-hydroxylation sites is 1. The molecule has 1 N–H and O–H groups in total. The number of hydrogen-bond donors (Lipinski definition) is 1. The molecule has 2 aromatic carbocycles. The average Bonchev–Trinajstić information content (AvgIpc) is 3.12. The Morgan fingerprint density at radius 3 is 2.44 bits per heavy atom. The van der Waals surface area contributed by atoms with Crippen LogP contribution in [0, 0.1) is 12.8 Å². The predicted molar refractivity (Wildman–Crippen MR) is 134 cm³/mol. The molecule has 0 amide bonds. The van der Waals surface area contributed by atoms with Gasteiger partial charge in [-0.3, -0.25) is 4.90 Å². The smallest absolute Gasteiger partial charge is 0.227 e.